The summed E-state index contributed by atoms with van der Waals surface area (Å²) in [6, 6.07) is 0. The summed E-state index contributed by atoms with van der Waals surface area (Å²) in [6.07, 6.45) is 85.6. The molecule has 0 radical (unpaired) electrons. The third-order valence-electron chi connectivity index (χ3n) is 17.3. The number of unbranched alkanes of at least 4 members (excludes halogenated alkanes) is 57. The zero-order valence-electron chi connectivity index (χ0n) is 55.4. The third-order valence-corrected chi connectivity index (χ3v) is 17.3. The molecule has 1 atom stereocenters. The predicted molar refractivity (Wildman–Crippen MR) is 353 cm³/mol. The van der Waals surface area contributed by atoms with Crippen molar-refractivity contribution in [1.82, 2.24) is 0 Å². The van der Waals surface area contributed by atoms with Crippen LogP contribution in [-0.2, 0) is 28.6 Å². The SMILES string of the molecule is CCCCCCCCCC/C=C\CCCCCCCCCCCCCC(=O)OC(COC(=O)CCCCCCCCCCCC)COC(=O)CCCCCCCCCCCCCCCCCCCCCCCCCCCCCCCC. The summed E-state index contributed by atoms with van der Waals surface area (Å²) in [5, 5.41) is 0. The molecule has 0 aromatic rings. The van der Waals surface area contributed by atoms with E-state index in [4.69, 9.17) is 14.2 Å². The Balaban J connectivity index is 4.07. The predicted octanol–water partition coefficient (Wildman–Crippen LogP) is 25.6. The van der Waals surface area contributed by atoms with Crippen LogP contribution in [0.25, 0.3) is 0 Å². The molecular weight excluding hydrogens is 997 g/mol. The molecule has 0 aromatic carbocycles. The highest BCUT2D eigenvalue weighted by atomic mass is 16.6. The summed E-state index contributed by atoms with van der Waals surface area (Å²) in [5.41, 5.74) is 0. The Kier molecular flexibility index (Phi) is 69.0. The summed E-state index contributed by atoms with van der Waals surface area (Å²) in [7, 11) is 0. The van der Waals surface area contributed by atoms with Crippen LogP contribution < -0.4 is 0 Å². The van der Waals surface area contributed by atoms with Gasteiger partial charge < -0.3 is 14.2 Å². The molecular formula is C75H144O6. The molecule has 0 saturated heterocycles. The van der Waals surface area contributed by atoms with Gasteiger partial charge in [0.25, 0.3) is 0 Å². The van der Waals surface area contributed by atoms with Gasteiger partial charge in [-0.1, -0.05) is 380 Å². The van der Waals surface area contributed by atoms with Crippen molar-refractivity contribution in [3.05, 3.63) is 12.2 Å². The van der Waals surface area contributed by atoms with Crippen molar-refractivity contribution in [1.29, 1.82) is 0 Å². The van der Waals surface area contributed by atoms with Crippen LogP contribution in [0.2, 0.25) is 0 Å². The van der Waals surface area contributed by atoms with Gasteiger partial charge >= 0.3 is 17.9 Å². The first-order valence-corrected chi connectivity index (χ1v) is 37.2. The fourth-order valence-corrected chi connectivity index (χ4v) is 11.7. The maximum atomic E-state index is 12.9. The van der Waals surface area contributed by atoms with Gasteiger partial charge in [-0.05, 0) is 44.9 Å². The number of carbonyl (C=O) groups excluding carboxylic acids is 3. The number of hydrogen-bond acceptors (Lipinski definition) is 6. The molecule has 0 amide bonds. The van der Waals surface area contributed by atoms with E-state index in [0.29, 0.717) is 19.3 Å². The first-order valence-electron chi connectivity index (χ1n) is 37.2. The molecule has 0 spiro atoms. The van der Waals surface area contributed by atoms with Crippen LogP contribution in [0.4, 0.5) is 0 Å². The van der Waals surface area contributed by atoms with Crippen molar-refractivity contribution in [2.24, 2.45) is 0 Å². The Morgan fingerprint density at radius 3 is 0.617 bits per heavy atom. The van der Waals surface area contributed by atoms with Gasteiger partial charge in [0.05, 0.1) is 0 Å². The van der Waals surface area contributed by atoms with Crippen LogP contribution in [0.5, 0.6) is 0 Å². The van der Waals surface area contributed by atoms with Crippen LogP contribution in [0.15, 0.2) is 12.2 Å². The van der Waals surface area contributed by atoms with E-state index >= 15 is 0 Å². The first kappa shape index (κ1) is 79.2. The van der Waals surface area contributed by atoms with Crippen molar-refractivity contribution in [3.63, 3.8) is 0 Å². The molecule has 0 heterocycles. The van der Waals surface area contributed by atoms with Gasteiger partial charge in [0.15, 0.2) is 6.10 Å². The summed E-state index contributed by atoms with van der Waals surface area (Å²) >= 11 is 0. The van der Waals surface area contributed by atoms with Crippen molar-refractivity contribution in [2.45, 2.75) is 438 Å². The summed E-state index contributed by atoms with van der Waals surface area (Å²) < 4.78 is 17.0. The number of ether oxygens (including phenoxy) is 3. The van der Waals surface area contributed by atoms with Crippen LogP contribution in [0.3, 0.4) is 0 Å². The molecule has 1 unspecified atom stereocenters. The van der Waals surface area contributed by atoms with Crippen LogP contribution in [0, 0.1) is 0 Å². The maximum Gasteiger partial charge on any atom is 0.306 e. The van der Waals surface area contributed by atoms with E-state index in [-0.39, 0.29) is 31.1 Å². The number of hydrogen-bond donors (Lipinski definition) is 0. The van der Waals surface area contributed by atoms with E-state index in [1.54, 1.807) is 0 Å². The van der Waals surface area contributed by atoms with Gasteiger partial charge in [0.2, 0.25) is 0 Å². The van der Waals surface area contributed by atoms with Crippen LogP contribution >= 0.6 is 0 Å². The second-order valence-corrected chi connectivity index (χ2v) is 25.6. The summed E-state index contributed by atoms with van der Waals surface area (Å²) in [5.74, 6) is -0.831. The molecule has 0 rings (SSSR count). The first-order chi connectivity index (χ1) is 40.0. The number of carbonyl (C=O) groups is 3. The number of rotatable bonds is 70. The number of allylic oxidation sites excluding steroid dienone is 2. The second kappa shape index (κ2) is 70.6. The third kappa shape index (κ3) is 68.8. The fraction of sp³-hybridized carbons (Fsp3) is 0.933. The topological polar surface area (TPSA) is 78.9 Å². The zero-order chi connectivity index (χ0) is 58.5. The average molecular weight is 1140 g/mol. The molecule has 0 saturated carbocycles. The van der Waals surface area contributed by atoms with E-state index in [1.165, 1.54) is 334 Å². The molecule has 0 N–H and O–H groups in total. The minimum atomic E-state index is -0.766. The highest BCUT2D eigenvalue weighted by molar-refractivity contribution is 5.71. The number of esters is 3. The van der Waals surface area contributed by atoms with Gasteiger partial charge in [-0.15, -0.1) is 0 Å². The normalized spacial score (nSPS) is 12.0. The highest BCUT2D eigenvalue weighted by Crippen LogP contribution is 2.19. The van der Waals surface area contributed by atoms with Crippen LogP contribution in [0.1, 0.15) is 432 Å². The Bertz CT molecular complexity index is 1260. The Morgan fingerprint density at radius 1 is 0.235 bits per heavy atom. The zero-order valence-corrected chi connectivity index (χ0v) is 55.4. The van der Waals surface area contributed by atoms with Gasteiger partial charge in [0, 0.05) is 19.3 Å². The van der Waals surface area contributed by atoms with Crippen molar-refractivity contribution >= 4 is 17.9 Å². The second-order valence-electron chi connectivity index (χ2n) is 25.6. The molecule has 0 aliphatic rings. The standard InChI is InChI=1S/C75H144O6/c1-4-7-10-13-16-19-22-24-26-28-30-32-34-35-36-37-38-39-40-42-43-45-47-49-51-53-56-59-62-65-68-74(77)80-71-72(70-79-73(76)67-64-61-58-55-21-18-15-12-9-6-3)81-75(78)69-66-63-60-57-54-52-50-48-46-44-41-33-31-29-27-25-23-20-17-14-11-8-5-2/h29,31,72H,4-28,30,32-71H2,1-3H3/b31-29-. The molecule has 0 fully saturated rings. The summed E-state index contributed by atoms with van der Waals surface area (Å²) in [6.45, 7) is 6.72. The van der Waals surface area contributed by atoms with E-state index in [9.17, 15) is 14.4 Å². The minimum Gasteiger partial charge on any atom is -0.462 e. The molecule has 0 bridgehead atoms. The van der Waals surface area contributed by atoms with Crippen molar-refractivity contribution in [3.8, 4) is 0 Å². The van der Waals surface area contributed by atoms with Crippen LogP contribution in [-0.4, -0.2) is 37.2 Å². The van der Waals surface area contributed by atoms with E-state index in [2.05, 4.69) is 32.9 Å². The molecule has 0 aromatic heterocycles. The lowest BCUT2D eigenvalue weighted by atomic mass is 10.0. The lowest BCUT2D eigenvalue weighted by Gasteiger charge is -2.18. The Morgan fingerprint density at radius 2 is 0.407 bits per heavy atom. The Labute approximate surface area is 507 Å². The Hall–Kier alpha value is -1.85. The lowest BCUT2D eigenvalue weighted by molar-refractivity contribution is -0.167. The quantitative estimate of drug-likeness (QED) is 0.0261. The minimum absolute atomic E-state index is 0.0633. The smallest absolute Gasteiger partial charge is 0.306 e. The molecule has 480 valence electrons. The summed E-state index contributed by atoms with van der Waals surface area (Å²) in [4.78, 5) is 38.4. The highest BCUT2D eigenvalue weighted by Gasteiger charge is 2.20. The van der Waals surface area contributed by atoms with E-state index in [1.807, 2.05) is 0 Å². The van der Waals surface area contributed by atoms with Gasteiger partial charge in [-0.2, -0.15) is 0 Å². The largest absolute Gasteiger partial charge is 0.462 e. The molecule has 0 aliphatic heterocycles. The van der Waals surface area contributed by atoms with Gasteiger partial charge in [-0.25, -0.2) is 0 Å². The van der Waals surface area contributed by atoms with Crippen molar-refractivity contribution in [2.75, 3.05) is 13.2 Å². The molecule has 81 heavy (non-hydrogen) atoms. The fourth-order valence-electron chi connectivity index (χ4n) is 11.7. The average Bonchev–Trinajstić information content (AvgIpc) is 3.47. The lowest BCUT2D eigenvalue weighted by Crippen LogP contribution is -2.30. The van der Waals surface area contributed by atoms with E-state index in [0.717, 1.165) is 57.8 Å². The molecule has 6 heteroatoms. The maximum absolute atomic E-state index is 12.9. The van der Waals surface area contributed by atoms with Gasteiger partial charge in [-0.3, -0.25) is 14.4 Å². The molecule has 6 nitrogen and oxygen atoms in total. The van der Waals surface area contributed by atoms with Gasteiger partial charge in [0.1, 0.15) is 13.2 Å². The van der Waals surface area contributed by atoms with Crippen molar-refractivity contribution < 1.29 is 28.6 Å². The monoisotopic (exact) mass is 1140 g/mol. The van der Waals surface area contributed by atoms with E-state index < -0.39 is 6.10 Å². The molecule has 0 aliphatic carbocycles.